The van der Waals surface area contributed by atoms with Gasteiger partial charge in [-0.2, -0.15) is 5.26 Å². The number of rotatable bonds is 1. The van der Waals surface area contributed by atoms with Crippen LogP contribution in [0.2, 0.25) is 5.02 Å². The summed E-state index contributed by atoms with van der Waals surface area (Å²) in [5, 5.41) is 11.5. The maximum absolute atomic E-state index is 12.4. The van der Waals surface area contributed by atoms with Crippen molar-refractivity contribution in [1.82, 2.24) is 9.88 Å². The summed E-state index contributed by atoms with van der Waals surface area (Å²) in [7, 11) is 0. The van der Waals surface area contributed by atoms with Crippen LogP contribution in [0.4, 0.5) is 5.82 Å². The molecule has 1 aliphatic heterocycles. The normalized spacial score (nSPS) is 12.7. The molecule has 2 aromatic rings. The van der Waals surface area contributed by atoms with Gasteiger partial charge in [-0.1, -0.05) is 11.6 Å². The van der Waals surface area contributed by atoms with Gasteiger partial charge in [0.05, 0.1) is 27.4 Å². The molecule has 9 heteroatoms. The molecular weight excluding hydrogens is 388 g/mol. The number of nitrogens with zero attached hydrogens (tertiary/aromatic N) is 2. The number of halogens is 2. The van der Waals surface area contributed by atoms with Gasteiger partial charge in [0.1, 0.15) is 11.9 Å². The van der Waals surface area contributed by atoms with E-state index in [4.69, 9.17) is 17.3 Å². The minimum atomic E-state index is -0.708. The average molecular weight is 394 g/mol. The van der Waals surface area contributed by atoms with Gasteiger partial charge in [0.15, 0.2) is 0 Å². The van der Waals surface area contributed by atoms with Gasteiger partial charge in [-0.3, -0.25) is 24.3 Å². The Morgan fingerprint density at radius 3 is 2.61 bits per heavy atom. The Bertz CT molecular complexity index is 1010. The predicted molar refractivity (Wildman–Crippen MR) is 85.7 cm³/mol. The molecule has 3 rings (SSSR count). The van der Waals surface area contributed by atoms with E-state index in [0.717, 1.165) is 10.6 Å². The van der Waals surface area contributed by atoms with Gasteiger partial charge >= 0.3 is 0 Å². The number of amides is 2. The SMILES string of the molecule is N#Cc1c(Br)ccc(Cl)c1-n1c(N)c2c(cc1=O)C(=O)NC2=O. The van der Waals surface area contributed by atoms with Crippen molar-refractivity contribution in [2.24, 2.45) is 0 Å². The van der Waals surface area contributed by atoms with Crippen molar-refractivity contribution in [2.45, 2.75) is 0 Å². The van der Waals surface area contributed by atoms with E-state index in [-0.39, 0.29) is 33.2 Å². The van der Waals surface area contributed by atoms with Crippen molar-refractivity contribution >= 4 is 45.2 Å². The lowest BCUT2D eigenvalue weighted by Crippen LogP contribution is -2.25. The van der Waals surface area contributed by atoms with Crippen LogP contribution in [0.15, 0.2) is 27.5 Å². The number of imide groups is 1. The molecule has 3 N–H and O–H groups in total. The number of nitriles is 1. The molecule has 1 aromatic carbocycles. The molecule has 0 unspecified atom stereocenters. The smallest absolute Gasteiger partial charge is 0.262 e. The fourth-order valence-corrected chi connectivity index (χ4v) is 3.03. The highest BCUT2D eigenvalue weighted by molar-refractivity contribution is 9.10. The number of carbonyl (C=O) groups excluding carboxylic acids is 2. The van der Waals surface area contributed by atoms with Crippen molar-refractivity contribution in [3.63, 3.8) is 0 Å². The molecule has 2 heterocycles. The molecule has 0 radical (unpaired) electrons. The Kier molecular flexibility index (Phi) is 3.47. The fourth-order valence-electron chi connectivity index (χ4n) is 2.38. The van der Waals surface area contributed by atoms with Crippen LogP contribution >= 0.6 is 27.5 Å². The zero-order chi connectivity index (χ0) is 16.9. The molecule has 114 valence electrons. The molecular formula is C14H6BrClN4O3. The van der Waals surface area contributed by atoms with E-state index in [2.05, 4.69) is 21.2 Å². The van der Waals surface area contributed by atoms with Gasteiger partial charge in [-0.25, -0.2) is 0 Å². The van der Waals surface area contributed by atoms with Gasteiger partial charge in [0.2, 0.25) is 0 Å². The molecule has 7 nitrogen and oxygen atoms in total. The first kappa shape index (κ1) is 15.3. The van der Waals surface area contributed by atoms with E-state index < -0.39 is 17.4 Å². The van der Waals surface area contributed by atoms with Gasteiger partial charge in [-0.15, -0.1) is 0 Å². The lowest BCUT2D eigenvalue weighted by atomic mass is 10.1. The number of nitrogens with one attached hydrogen (secondary N) is 1. The lowest BCUT2D eigenvalue weighted by molar-refractivity contribution is 0.0880. The van der Waals surface area contributed by atoms with E-state index in [1.807, 2.05) is 6.07 Å². The third-order valence-corrected chi connectivity index (χ3v) is 4.33. The van der Waals surface area contributed by atoms with Gasteiger partial charge in [0.25, 0.3) is 17.4 Å². The summed E-state index contributed by atoms with van der Waals surface area (Å²) in [5.74, 6) is -1.66. The Morgan fingerprint density at radius 1 is 1.26 bits per heavy atom. The minimum absolute atomic E-state index is 0.0426. The van der Waals surface area contributed by atoms with E-state index in [0.29, 0.717) is 4.47 Å². The van der Waals surface area contributed by atoms with Crippen molar-refractivity contribution in [3.8, 4) is 11.8 Å². The molecule has 0 saturated heterocycles. The number of carbonyl (C=O) groups is 2. The molecule has 1 aromatic heterocycles. The van der Waals surface area contributed by atoms with Crippen molar-refractivity contribution < 1.29 is 9.59 Å². The van der Waals surface area contributed by atoms with Crippen LogP contribution in [-0.2, 0) is 0 Å². The lowest BCUT2D eigenvalue weighted by Gasteiger charge is -2.15. The molecule has 0 aliphatic carbocycles. The highest BCUT2D eigenvalue weighted by Gasteiger charge is 2.32. The van der Waals surface area contributed by atoms with Crippen molar-refractivity contribution in [1.29, 1.82) is 5.26 Å². The Balaban J connectivity index is 2.46. The van der Waals surface area contributed by atoms with Crippen LogP contribution in [0.1, 0.15) is 26.3 Å². The second kappa shape index (κ2) is 5.22. The minimum Gasteiger partial charge on any atom is -0.384 e. The van der Waals surface area contributed by atoms with Crippen molar-refractivity contribution in [3.05, 3.63) is 54.7 Å². The number of nitrogens with two attached hydrogens (primary N) is 1. The van der Waals surface area contributed by atoms with Crippen LogP contribution in [0.3, 0.4) is 0 Å². The van der Waals surface area contributed by atoms with Crippen LogP contribution in [0, 0.1) is 11.3 Å². The number of anilines is 1. The molecule has 0 bridgehead atoms. The maximum atomic E-state index is 12.4. The zero-order valence-electron chi connectivity index (χ0n) is 11.2. The molecule has 0 saturated carbocycles. The monoisotopic (exact) mass is 392 g/mol. The largest absolute Gasteiger partial charge is 0.384 e. The molecule has 1 aliphatic rings. The number of pyridine rings is 1. The Morgan fingerprint density at radius 2 is 1.96 bits per heavy atom. The predicted octanol–water partition coefficient (Wildman–Crippen LogP) is 1.59. The van der Waals surface area contributed by atoms with E-state index in [9.17, 15) is 19.6 Å². The number of fused-ring (bicyclic) bond motifs is 1. The maximum Gasteiger partial charge on any atom is 0.262 e. The van der Waals surface area contributed by atoms with Gasteiger partial charge in [-0.05, 0) is 28.1 Å². The number of hydrogen-bond donors (Lipinski definition) is 2. The third kappa shape index (κ3) is 2.13. The molecule has 0 spiro atoms. The van der Waals surface area contributed by atoms with Gasteiger partial charge in [0, 0.05) is 10.5 Å². The number of nitrogen functional groups attached to an aromatic ring is 1. The summed E-state index contributed by atoms with van der Waals surface area (Å²) in [6.45, 7) is 0. The standard InChI is InChI=1S/C14H6BrClN4O3/c15-7-1-2-8(16)11(6(7)4-17)20-9(21)3-5-10(12(20)18)14(23)19-13(5)22/h1-3H,18H2,(H,19,22,23). The Hall–Kier alpha value is -2.63. The topological polar surface area (TPSA) is 118 Å². The quantitative estimate of drug-likeness (QED) is 0.713. The highest BCUT2D eigenvalue weighted by atomic mass is 79.9. The number of hydrogen-bond acceptors (Lipinski definition) is 5. The summed E-state index contributed by atoms with van der Waals surface area (Å²) >= 11 is 9.32. The van der Waals surface area contributed by atoms with Crippen LogP contribution in [0.25, 0.3) is 5.69 Å². The molecule has 23 heavy (non-hydrogen) atoms. The number of aromatic nitrogens is 1. The van der Waals surface area contributed by atoms with Crippen LogP contribution in [0.5, 0.6) is 0 Å². The van der Waals surface area contributed by atoms with E-state index in [1.54, 1.807) is 6.07 Å². The highest BCUT2D eigenvalue weighted by Crippen LogP contribution is 2.32. The molecule has 2 amide bonds. The van der Waals surface area contributed by atoms with Crippen molar-refractivity contribution in [2.75, 3.05) is 5.73 Å². The summed E-state index contributed by atoms with van der Waals surface area (Å²) in [6, 6.07) is 5.95. The zero-order valence-corrected chi connectivity index (χ0v) is 13.5. The third-order valence-electron chi connectivity index (χ3n) is 3.37. The molecule has 0 fully saturated rings. The summed E-state index contributed by atoms with van der Waals surface area (Å²) < 4.78 is 1.36. The van der Waals surface area contributed by atoms with E-state index >= 15 is 0 Å². The van der Waals surface area contributed by atoms with Crippen LogP contribution < -0.4 is 16.6 Å². The van der Waals surface area contributed by atoms with E-state index in [1.165, 1.54) is 6.07 Å². The summed E-state index contributed by atoms with van der Waals surface area (Å²) in [5.41, 5.74) is 5.16. The average Bonchev–Trinajstić information content (AvgIpc) is 2.77. The first-order valence-electron chi connectivity index (χ1n) is 6.16. The summed E-state index contributed by atoms with van der Waals surface area (Å²) in [6.07, 6.45) is 0. The fraction of sp³-hybridized carbons (Fsp3) is 0. The first-order chi connectivity index (χ1) is 10.9. The Labute approximate surface area is 142 Å². The first-order valence-corrected chi connectivity index (χ1v) is 7.33. The number of benzene rings is 1. The van der Waals surface area contributed by atoms with Crippen LogP contribution in [-0.4, -0.2) is 16.4 Å². The second-order valence-corrected chi connectivity index (χ2v) is 5.90. The summed E-state index contributed by atoms with van der Waals surface area (Å²) in [4.78, 5) is 35.9. The van der Waals surface area contributed by atoms with Gasteiger partial charge < -0.3 is 5.73 Å². The second-order valence-electron chi connectivity index (χ2n) is 4.64. The molecule has 0 atom stereocenters.